The highest BCUT2D eigenvalue weighted by Gasteiger charge is 2.31. The first-order valence-electron chi connectivity index (χ1n) is 9.84. The molecular formula is C23H27N3O. The van der Waals surface area contributed by atoms with E-state index in [4.69, 9.17) is 4.98 Å². The van der Waals surface area contributed by atoms with Crippen molar-refractivity contribution in [2.45, 2.75) is 45.1 Å². The summed E-state index contributed by atoms with van der Waals surface area (Å²) in [6.07, 6.45) is 1.70. The Morgan fingerprint density at radius 2 is 1.89 bits per heavy atom. The summed E-state index contributed by atoms with van der Waals surface area (Å²) in [5.41, 5.74) is 4.80. The Hall–Kier alpha value is -2.62. The first-order chi connectivity index (χ1) is 13.1. The van der Waals surface area contributed by atoms with E-state index in [1.54, 1.807) is 0 Å². The Labute approximate surface area is 160 Å². The highest BCUT2D eigenvalue weighted by molar-refractivity contribution is 5.80. The van der Waals surface area contributed by atoms with Crippen LogP contribution in [0.2, 0.25) is 0 Å². The first kappa shape index (κ1) is 17.8. The summed E-state index contributed by atoms with van der Waals surface area (Å²) in [6, 6.07) is 17.2. The minimum absolute atomic E-state index is 0.161. The topological polar surface area (TPSA) is 38.1 Å². The third-order valence-corrected chi connectivity index (χ3v) is 5.89. The van der Waals surface area contributed by atoms with Gasteiger partial charge in [0.1, 0.15) is 5.82 Å². The van der Waals surface area contributed by atoms with Crippen molar-refractivity contribution < 1.29 is 4.79 Å². The molecule has 0 spiro atoms. The second-order valence-electron chi connectivity index (χ2n) is 7.77. The molecule has 2 aromatic carbocycles. The number of amides is 1. The number of rotatable bonds is 5. The van der Waals surface area contributed by atoms with Crippen molar-refractivity contribution in [1.82, 2.24) is 14.5 Å². The largest absolute Gasteiger partial charge is 0.345 e. The molecule has 4 heteroatoms. The van der Waals surface area contributed by atoms with Crippen LogP contribution in [0.15, 0.2) is 48.5 Å². The molecule has 1 fully saturated rings. The van der Waals surface area contributed by atoms with E-state index >= 15 is 0 Å². The first-order valence-corrected chi connectivity index (χ1v) is 9.84. The van der Waals surface area contributed by atoms with E-state index in [2.05, 4.69) is 60.9 Å². The van der Waals surface area contributed by atoms with Crippen molar-refractivity contribution in [1.29, 1.82) is 0 Å². The molecule has 140 valence electrons. The molecule has 1 aromatic heterocycles. The maximum Gasteiger partial charge on any atom is 0.223 e. The van der Waals surface area contributed by atoms with Gasteiger partial charge in [0.15, 0.2) is 0 Å². The van der Waals surface area contributed by atoms with Crippen LogP contribution in [-0.2, 0) is 11.3 Å². The molecule has 1 aliphatic rings. The van der Waals surface area contributed by atoms with Crippen LogP contribution in [0.5, 0.6) is 0 Å². The molecular weight excluding hydrogens is 334 g/mol. The Morgan fingerprint density at radius 1 is 1.15 bits per heavy atom. The number of benzene rings is 2. The van der Waals surface area contributed by atoms with Crippen LogP contribution in [0.4, 0.5) is 0 Å². The monoisotopic (exact) mass is 361 g/mol. The Bertz CT molecular complexity index is 957. The lowest BCUT2D eigenvalue weighted by Gasteiger charge is -2.15. The number of hydrogen-bond acceptors (Lipinski definition) is 2. The zero-order valence-electron chi connectivity index (χ0n) is 16.4. The summed E-state index contributed by atoms with van der Waals surface area (Å²) in [5, 5.41) is 0. The lowest BCUT2D eigenvalue weighted by molar-refractivity contribution is -0.126. The summed E-state index contributed by atoms with van der Waals surface area (Å²) in [6.45, 7) is 6.02. The van der Waals surface area contributed by atoms with Crippen LogP contribution in [0, 0.1) is 0 Å². The standard InChI is InChI=1S/C23H27N3O/c1-4-16(2)18-11-9-17(10-12-18)14-26-21-8-6-5-7-20(21)24-23(26)19-13-22(27)25(3)15-19/h5-12,16,19H,4,13-15H2,1-3H3/t16-,19-/m1/s1. The van der Waals surface area contributed by atoms with E-state index in [-0.39, 0.29) is 11.8 Å². The molecule has 1 amide bonds. The van der Waals surface area contributed by atoms with Crippen LogP contribution in [-0.4, -0.2) is 34.0 Å². The third kappa shape index (κ3) is 3.36. The molecule has 0 radical (unpaired) electrons. The molecule has 2 atom stereocenters. The van der Waals surface area contributed by atoms with Crippen molar-refractivity contribution >= 4 is 16.9 Å². The van der Waals surface area contributed by atoms with Crippen molar-refractivity contribution in [2.24, 2.45) is 0 Å². The summed E-state index contributed by atoms with van der Waals surface area (Å²) in [4.78, 5) is 18.8. The summed E-state index contributed by atoms with van der Waals surface area (Å²) >= 11 is 0. The summed E-state index contributed by atoms with van der Waals surface area (Å²) in [7, 11) is 1.88. The number of likely N-dealkylation sites (tertiary alicyclic amines) is 1. The van der Waals surface area contributed by atoms with Crippen molar-refractivity contribution in [3.63, 3.8) is 0 Å². The van der Waals surface area contributed by atoms with Crippen molar-refractivity contribution in [3.05, 3.63) is 65.5 Å². The second kappa shape index (κ2) is 7.18. The average Bonchev–Trinajstić information content (AvgIpc) is 3.22. The van der Waals surface area contributed by atoms with Gasteiger partial charge >= 0.3 is 0 Å². The number of fused-ring (bicyclic) bond motifs is 1. The van der Waals surface area contributed by atoms with Crippen molar-refractivity contribution in [2.75, 3.05) is 13.6 Å². The fourth-order valence-electron chi connectivity index (χ4n) is 3.98. The molecule has 4 rings (SSSR count). The van der Waals surface area contributed by atoms with Gasteiger partial charge in [-0.15, -0.1) is 0 Å². The predicted molar refractivity (Wildman–Crippen MR) is 109 cm³/mol. The number of likely N-dealkylation sites (N-methyl/N-ethyl adjacent to an activating group) is 1. The van der Waals surface area contributed by atoms with Gasteiger partial charge in [-0.25, -0.2) is 4.98 Å². The minimum Gasteiger partial charge on any atom is -0.345 e. The molecule has 4 nitrogen and oxygen atoms in total. The van der Waals surface area contributed by atoms with Crippen LogP contribution in [0.3, 0.4) is 0 Å². The maximum absolute atomic E-state index is 12.1. The third-order valence-electron chi connectivity index (χ3n) is 5.89. The van der Waals surface area contributed by atoms with Gasteiger partial charge in [-0.2, -0.15) is 0 Å². The predicted octanol–water partition coefficient (Wildman–Crippen LogP) is 4.54. The van der Waals surface area contributed by atoms with Crippen molar-refractivity contribution in [3.8, 4) is 0 Å². The number of carbonyl (C=O) groups excluding carboxylic acids is 1. The number of hydrogen-bond donors (Lipinski definition) is 0. The zero-order chi connectivity index (χ0) is 19.0. The lowest BCUT2D eigenvalue weighted by Crippen LogP contribution is -2.19. The van der Waals surface area contributed by atoms with Gasteiger partial charge in [-0.3, -0.25) is 4.79 Å². The molecule has 1 saturated heterocycles. The normalized spacial score (nSPS) is 18.4. The second-order valence-corrected chi connectivity index (χ2v) is 7.77. The number of aromatic nitrogens is 2. The average molecular weight is 361 g/mol. The molecule has 0 aliphatic carbocycles. The Balaban J connectivity index is 1.70. The number of nitrogens with zero attached hydrogens (tertiary/aromatic N) is 3. The highest BCUT2D eigenvalue weighted by Crippen LogP contribution is 2.30. The molecule has 0 unspecified atom stereocenters. The van der Waals surface area contributed by atoms with Crippen LogP contribution < -0.4 is 0 Å². The van der Waals surface area contributed by atoms with Gasteiger partial charge in [0.05, 0.1) is 11.0 Å². The minimum atomic E-state index is 0.161. The van der Waals surface area contributed by atoms with E-state index in [0.717, 1.165) is 36.4 Å². The zero-order valence-corrected chi connectivity index (χ0v) is 16.4. The molecule has 27 heavy (non-hydrogen) atoms. The van der Waals surface area contributed by atoms with E-state index in [1.165, 1.54) is 11.1 Å². The molecule has 0 N–H and O–H groups in total. The smallest absolute Gasteiger partial charge is 0.223 e. The van der Waals surface area contributed by atoms with E-state index < -0.39 is 0 Å². The number of para-hydroxylation sites is 2. The van der Waals surface area contributed by atoms with Gasteiger partial charge in [-0.05, 0) is 35.6 Å². The molecule has 0 bridgehead atoms. The van der Waals surface area contributed by atoms with Crippen LogP contribution in [0.25, 0.3) is 11.0 Å². The lowest BCUT2D eigenvalue weighted by atomic mass is 9.97. The van der Waals surface area contributed by atoms with Crippen LogP contribution >= 0.6 is 0 Å². The van der Waals surface area contributed by atoms with Gasteiger partial charge in [0.25, 0.3) is 0 Å². The van der Waals surface area contributed by atoms with E-state index in [1.807, 2.05) is 18.0 Å². The molecule has 2 heterocycles. The van der Waals surface area contributed by atoms with E-state index in [0.29, 0.717) is 12.3 Å². The molecule has 1 aliphatic heterocycles. The summed E-state index contributed by atoms with van der Waals surface area (Å²) in [5.74, 6) is 1.98. The molecule has 0 saturated carbocycles. The number of imidazole rings is 1. The Morgan fingerprint density at radius 3 is 2.56 bits per heavy atom. The molecule has 3 aromatic rings. The fraction of sp³-hybridized carbons (Fsp3) is 0.391. The highest BCUT2D eigenvalue weighted by atomic mass is 16.2. The maximum atomic E-state index is 12.1. The quantitative estimate of drug-likeness (QED) is 0.669. The van der Waals surface area contributed by atoms with Gasteiger partial charge in [0, 0.05) is 32.5 Å². The van der Waals surface area contributed by atoms with E-state index in [9.17, 15) is 4.79 Å². The fourth-order valence-corrected chi connectivity index (χ4v) is 3.98. The SMILES string of the molecule is CC[C@@H](C)c1ccc(Cn2c([C@@H]3CC(=O)N(C)C3)nc3ccccc32)cc1. The number of carbonyl (C=O) groups is 1. The van der Waals surface area contributed by atoms with Crippen LogP contribution in [0.1, 0.15) is 55.5 Å². The van der Waals surface area contributed by atoms with Gasteiger partial charge in [0.2, 0.25) is 5.91 Å². The summed E-state index contributed by atoms with van der Waals surface area (Å²) < 4.78 is 2.30. The van der Waals surface area contributed by atoms with Gasteiger partial charge < -0.3 is 9.47 Å². The Kier molecular flexibility index (Phi) is 4.73. The van der Waals surface area contributed by atoms with Gasteiger partial charge in [-0.1, -0.05) is 50.2 Å².